The Balaban J connectivity index is 1.59. The Hall–Kier alpha value is -4.12. The molecule has 0 saturated carbocycles. The van der Waals surface area contributed by atoms with Gasteiger partial charge >= 0.3 is 5.97 Å². The Morgan fingerprint density at radius 2 is 1.49 bits per heavy atom. The maximum absolute atomic E-state index is 12.4. The smallest absolute Gasteiger partial charge is 0.303 e. The fourth-order valence-electron chi connectivity index (χ4n) is 5.71. The van der Waals surface area contributed by atoms with E-state index < -0.39 is 48.0 Å². The van der Waals surface area contributed by atoms with E-state index in [2.05, 4.69) is 10.0 Å². The molecule has 0 unspecified atom stereocenters. The van der Waals surface area contributed by atoms with Gasteiger partial charge in [-0.3, -0.25) is 4.79 Å². The van der Waals surface area contributed by atoms with Gasteiger partial charge in [-0.2, -0.15) is 0 Å². The van der Waals surface area contributed by atoms with Gasteiger partial charge in [-0.15, -0.1) is 0 Å². The van der Waals surface area contributed by atoms with Gasteiger partial charge in [0.2, 0.25) is 0 Å². The van der Waals surface area contributed by atoms with Gasteiger partial charge in [0.05, 0.1) is 26.9 Å². The number of carbonyl (C=O) groups excluding carboxylic acids is 1. The second-order valence-corrected chi connectivity index (χ2v) is 10.7. The van der Waals surface area contributed by atoms with E-state index >= 15 is 0 Å². The SMILES string of the molecule is COc1ccc(C(OC[C@@H](OC(C)=O)[C@H]2O[C@@H]3OC(C)(C)O[C@@H]3[C@@H]2N=[N+]=[N-])(c2ccccc2)c2ccc(OC)cc2)cc1. The first-order chi connectivity index (χ1) is 20.7. The van der Waals surface area contributed by atoms with Gasteiger partial charge in [-0.1, -0.05) is 59.7 Å². The van der Waals surface area contributed by atoms with Crippen LogP contribution < -0.4 is 9.47 Å². The zero-order valence-corrected chi connectivity index (χ0v) is 24.7. The first-order valence-corrected chi connectivity index (χ1v) is 13.9. The summed E-state index contributed by atoms with van der Waals surface area (Å²) in [6, 6.07) is 24.1. The van der Waals surface area contributed by atoms with Crippen LogP contribution in [0.1, 0.15) is 37.5 Å². The molecule has 2 saturated heterocycles. The molecule has 0 spiro atoms. The summed E-state index contributed by atoms with van der Waals surface area (Å²) >= 11 is 0. The van der Waals surface area contributed by atoms with Crippen molar-refractivity contribution in [2.45, 2.75) is 62.8 Å². The molecular formula is C32H35N3O8. The lowest BCUT2D eigenvalue weighted by atomic mass is 9.80. The van der Waals surface area contributed by atoms with E-state index in [1.54, 1.807) is 28.1 Å². The van der Waals surface area contributed by atoms with Crippen molar-refractivity contribution in [1.29, 1.82) is 0 Å². The molecule has 0 N–H and O–H groups in total. The second kappa shape index (κ2) is 12.6. The molecule has 3 aromatic carbocycles. The van der Waals surface area contributed by atoms with Crippen molar-refractivity contribution >= 4 is 5.97 Å². The molecule has 2 fully saturated rings. The van der Waals surface area contributed by atoms with Crippen molar-refractivity contribution in [3.8, 4) is 11.5 Å². The van der Waals surface area contributed by atoms with Gasteiger partial charge in [0, 0.05) is 11.8 Å². The molecule has 5 rings (SSSR count). The molecule has 2 aliphatic rings. The molecule has 0 aliphatic carbocycles. The number of azide groups is 1. The van der Waals surface area contributed by atoms with E-state index in [4.69, 9.17) is 33.2 Å². The number of benzene rings is 3. The molecule has 11 nitrogen and oxygen atoms in total. The fourth-order valence-corrected chi connectivity index (χ4v) is 5.71. The van der Waals surface area contributed by atoms with Crippen LogP contribution in [0.2, 0.25) is 0 Å². The Kier molecular flexibility index (Phi) is 8.91. The number of fused-ring (bicyclic) bond motifs is 1. The summed E-state index contributed by atoms with van der Waals surface area (Å²) in [5.74, 6) is -0.105. The number of esters is 1. The van der Waals surface area contributed by atoms with Crippen molar-refractivity contribution in [1.82, 2.24) is 0 Å². The largest absolute Gasteiger partial charge is 0.497 e. The lowest BCUT2D eigenvalue weighted by Crippen LogP contribution is -2.46. The number of methoxy groups -OCH3 is 2. The van der Waals surface area contributed by atoms with Gasteiger partial charge in [0.25, 0.3) is 0 Å². The van der Waals surface area contributed by atoms with Gasteiger partial charge < -0.3 is 33.2 Å². The van der Waals surface area contributed by atoms with Crippen LogP contribution in [0.4, 0.5) is 0 Å². The van der Waals surface area contributed by atoms with Gasteiger partial charge in [-0.25, -0.2) is 0 Å². The minimum atomic E-state index is -1.17. The molecule has 2 heterocycles. The van der Waals surface area contributed by atoms with Crippen molar-refractivity contribution in [2.24, 2.45) is 5.11 Å². The highest BCUT2D eigenvalue weighted by Crippen LogP contribution is 2.44. The fraction of sp³-hybridized carbons (Fsp3) is 0.406. The zero-order chi connectivity index (χ0) is 30.6. The summed E-state index contributed by atoms with van der Waals surface area (Å²) in [5, 5.41) is 3.97. The Morgan fingerprint density at radius 1 is 0.930 bits per heavy atom. The Labute approximate surface area is 250 Å². The van der Waals surface area contributed by atoms with Crippen molar-refractivity contribution in [2.75, 3.05) is 20.8 Å². The molecule has 2 aliphatic heterocycles. The molecule has 3 aromatic rings. The standard InChI is InChI=1S/C32H35N3O8/c1-20(36)40-26(28-27(34-35-33)29-30(41-28)43-31(2,3)42-29)19-39-32(21-9-7-6-8-10-21,22-11-15-24(37-4)16-12-22)23-13-17-25(38-5)18-14-23/h6-18,26-30H,19H2,1-5H3/t26-,27-,28-,29-,30-/m1/s1. The minimum absolute atomic E-state index is 0.127. The van der Waals surface area contributed by atoms with Crippen LogP contribution in [-0.4, -0.2) is 63.2 Å². The van der Waals surface area contributed by atoms with Crippen LogP contribution in [0.3, 0.4) is 0 Å². The molecule has 43 heavy (non-hydrogen) atoms. The Bertz CT molecular complexity index is 1390. The topological polar surface area (TPSA) is 130 Å². The number of carbonyl (C=O) groups is 1. The molecule has 11 heteroatoms. The third-order valence-electron chi connectivity index (χ3n) is 7.56. The van der Waals surface area contributed by atoms with E-state index in [1.165, 1.54) is 6.92 Å². The second-order valence-electron chi connectivity index (χ2n) is 10.7. The highest BCUT2D eigenvalue weighted by molar-refractivity contribution is 5.66. The highest BCUT2D eigenvalue weighted by Gasteiger charge is 2.57. The molecule has 226 valence electrons. The van der Waals surface area contributed by atoms with E-state index in [-0.39, 0.29) is 6.61 Å². The third kappa shape index (κ3) is 6.17. The lowest BCUT2D eigenvalue weighted by Gasteiger charge is -2.38. The first-order valence-electron chi connectivity index (χ1n) is 13.9. The number of hydrogen-bond donors (Lipinski definition) is 0. The van der Waals surface area contributed by atoms with Crippen molar-refractivity contribution in [3.63, 3.8) is 0 Å². The van der Waals surface area contributed by atoms with Crippen molar-refractivity contribution < 1.29 is 38.0 Å². The predicted octanol–water partition coefficient (Wildman–Crippen LogP) is 5.50. The summed E-state index contributed by atoms with van der Waals surface area (Å²) in [4.78, 5) is 15.4. The van der Waals surface area contributed by atoms with Crippen LogP contribution in [0.15, 0.2) is 84.0 Å². The molecule has 0 bridgehead atoms. The molecular weight excluding hydrogens is 554 g/mol. The summed E-state index contributed by atoms with van der Waals surface area (Å²) in [7, 11) is 3.21. The summed E-state index contributed by atoms with van der Waals surface area (Å²) in [6.45, 7) is 4.68. The van der Waals surface area contributed by atoms with Crippen LogP contribution in [0.25, 0.3) is 10.4 Å². The van der Waals surface area contributed by atoms with Crippen LogP contribution in [-0.2, 0) is 34.1 Å². The van der Waals surface area contributed by atoms with E-state index in [9.17, 15) is 10.3 Å². The summed E-state index contributed by atoms with van der Waals surface area (Å²) < 4.78 is 41.7. The van der Waals surface area contributed by atoms with E-state index in [0.29, 0.717) is 11.5 Å². The summed E-state index contributed by atoms with van der Waals surface area (Å²) in [6.07, 6.45) is -3.37. The molecule has 0 radical (unpaired) electrons. The van der Waals surface area contributed by atoms with Crippen molar-refractivity contribution in [3.05, 3.63) is 106 Å². The minimum Gasteiger partial charge on any atom is -0.497 e. The number of hydrogen-bond acceptors (Lipinski definition) is 9. The molecule has 0 amide bonds. The number of rotatable bonds is 11. The maximum Gasteiger partial charge on any atom is 0.303 e. The van der Waals surface area contributed by atoms with Gasteiger partial charge in [0.1, 0.15) is 29.3 Å². The normalized spacial score (nSPS) is 23.1. The zero-order valence-electron chi connectivity index (χ0n) is 24.7. The monoisotopic (exact) mass is 589 g/mol. The number of nitrogens with zero attached hydrogens (tertiary/aromatic N) is 3. The predicted molar refractivity (Wildman–Crippen MR) is 155 cm³/mol. The maximum atomic E-state index is 12.4. The van der Waals surface area contributed by atoms with Crippen LogP contribution >= 0.6 is 0 Å². The number of ether oxygens (including phenoxy) is 7. The molecule has 5 atom stereocenters. The Morgan fingerprint density at radius 3 is 2.00 bits per heavy atom. The van der Waals surface area contributed by atoms with E-state index in [0.717, 1.165) is 16.7 Å². The van der Waals surface area contributed by atoms with E-state index in [1.807, 2.05) is 78.9 Å². The van der Waals surface area contributed by atoms with Crippen LogP contribution in [0, 0.1) is 0 Å². The third-order valence-corrected chi connectivity index (χ3v) is 7.56. The lowest BCUT2D eigenvalue weighted by molar-refractivity contribution is -0.223. The average Bonchev–Trinajstić information content (AvgIpc) is 3.49. The van der Waals surface area contributed by atoms with Gasteiger partial charge in [-0.05, 0) is 60.3 Å². The average molecular weight is 590 g/mol. The summed E-state index contributed by atoms with van der Waals surface area (Å²) in [5.41, 5.74) is 10.7. The quantitative estimate of drug-likeness (QED) is 0.0942. The first kappa shape index (κ1) is 30.3. The van der Waals surface area contributed by atoms with Crippen LogP contribution in [0.5, 0.6) is 11.5 Å². The molecule has 0 aromatic heterocycles. The van der Waals surface area contributed by atoms with Gasteiger partial charge in [0.15, 0.2) is 18.2 Å². The highest BCUT2D eigenvalue weighted by atomic mass is 16.8.